The number of likely N-dealkylation sites (tertiary alicyclic amines) is 1. The summed E-state index contributed by atoms with van der Waals surface area (Å²) in [6.45, 7) is 7.41. The number of aryl methyl sites for hydroxylation is 2. The Labute approximate surface area is 275 Å². The third-order valence-corrected chi connectivity index (χ3v) is 9.98. The second kappa shape index (κ2) is 13.1. The molecule has 2 saturated heterocycles. The van der Waals surface area contributed by atoms with E-state index in [-0.39, 0.29) is 38.0 Å². The van der Waals surface area contributed by atoms with Crippen molar-refractivity contribution >= 4 is 29.4 Å². The van der Waals surface area contributed by atoms with Crippen LogP contribution in [0, 0.1) is 31.6 Å². The lowest BCUT2D eigenvalue weighted by Gasteiger charge is -2.40. The van der Waals surface area contributed by atoms with Crippen LogP contribution < -0.4 is 10.2 Å². The molecule has 3 amide bonds. The highest BCUT2D eigenvalue weighted by molar-refractivity contribution is 6.06. The van der Waals surface area contributed by atoms with E-state index in [0.29, 0.717) is 12.1 Å². The van der Waals surface area contributed by atoms with Crippen LogP contribution in [0.3, 0.4) is 0 Å². The Morgan fingerprint density at radius 1 is 1.02 bits per heavy atom. The molecule has 2 N–H and O–H groups in total. The Hall–Kier alpha value is -4.28. The van der Waals surface area contributed by atoms with Crippen molar-refractivity contribution in [1.82, 2.24) is 10.2 Å². The number of anilines is 1. The molecule has 4 aliphatic heterocycles. The zero-order chi connectivity index (χ0) is 33.5. The average Bonchev–Trinajstić information content (AvgIpc) is 3.70. The fraction of sp³-hybridized carbons (Fsp3) is 0.459. The van der Waals surface area contributed by atoms with Crippen molar-refractivity contribution in [3.63, 3.8) is 0 Å². The molecule has 0 aliphatic carbocycles. The van der Waals surface area contributed by atoms with Crippen LogP contribution in [0.5, 0.6) is 0 Å². The first-order valence-corrected chi connectivity index (χ1v) is 16.4. The topological polar surface area (TPSA) is 125 Å². The fourth-order valence-corrected chi connectivity index (χ4v) is 7.55. The van der Waals surface area contributed by atoms with E-state index in [1.807, 2.05) is 88.4 Å². The number of carbonyl (C=O) groups is 4. The minimum atomic E-state index is -1.41. The predicted octanol–water partition coefficient (Wildman–Crippen LogP) is 3.55. The van der Waals surface area contributed by atoms with E-state index in [9.17, 15) is 19.5 Å². The van der Waals surface area contributed by atoms with Gasteiger partial charge in [0, 0.05) is 18.7 Å². The Bertz CT molecular complexity index is 1600. The Morgan fingerprint density at radius 2 is 1.79 bits per heavy atom. The summed E-state index contributed by atoms with van der Waals surface area (Å²) >= 11 is 0. The summed E-state index contributed by atoms with van der Waals surface area (Å²) in [5.74, 6) is -3.72. The molecule has 6 rings (SSSR count). The SMILES string of the molecule is Cc1ccc(C)c(N2C/C=C\CCC(=O)OC[C@H](c3ccccc3)NC(=O)[C@@H]3[C@H]4C(=O)N([C@@H](CO)C(C)C)[C@H](C2=O)[C@]42C=C[C@H]3O2)c1. The lowest BCUT2D eigenvalue weighted by molar-refractivity contribution is -0.147. The van der Waals surface area contributed by atoms with E-state index in [1.165, 1.54) is 4.90 Å². The molecule has 10 nitrogen and oxygen atoms in total. The third kappa shape index (κ3) is 5.78. The van der Waals surface area contributed by atoms with Gasteiger partial charge < -0.3 is 29.7 Å². The number of nitrogens with one attached hydrogen (secondary N) is 1. The lowest BCUT2D eigenvalue weighted by Crippen LogP contribution is -2.59. The van der Waals surface area contributed by atoms with Crippen molar-refractivity contribution in [2.45, 2.75) is 70.4 Å². The molecule has 0 unspecified atom stereocenters. The van der Waals surface area contributed by atoms with Gasteiger partial charge in [-0.25, -0.2) is 0 Å². The van der Waals surface area contributed by atoms with Crippen molar-refractivity contribution in [3.8, 4) is 0 Å². The van der Waals surface area contributed by atoms with E-state index in [4.69, 9.17) is 9.47 Å². The Kier molecular flexibility index (Phi) is 9.09. The van der Waals surface area contributed by atoms with Crippen LogP contribution in [-0.4, -0.2) is 77.2 Å². The highest BCUT2D eigenvalue weighted by atomic mass is 16.5. The van der Waals surface area contributed by atoms with Gasteiger partial charge in [-0.1, -0.05) is 80.6 Å². The van der Waals surface area contributed by atoms with Gasteiger partial charge in [0.05, 0.1) is 36.6 Å². The molecule has 2 aromatic carbocycles. The predicted molar refractivity (Wildman–Crippen MR) is 175 cm³/mol. The monoisotopic (exact) mass is 641 g/mol. The van der Waals surface area contributed by atoms with Crippen LogP contribution in [0.4, 0.5) is 5.69 Å². The number of fused-ring (bicyclic) bond motifs is 2. The van der Waals surface area contributed by atoms with Gasteiger partial charge in [-0.2, -0.15) is 0 Å². The number of esters is 1. The maximum atomic E-state index is 15.1. The molecule has 4 heterocycles. The highest BCUT2D eigenvalue weighted by Gasteiger charge is 2.74. The second-order valence-electron chi connectivity index (χ2n) is 13.3. The maximum absolute atomic E-state index is 15.1. The summed E-state index contributed by atoms with van der Waals surface area (Å²) in [4.78, 5) is 59.9. The lowest BCUT2D eigenvalue weighted by atomic mass is 9.74. The molecule has 47 heavy (non-hydrogen) atoms. The standard InChI is InChI=1S/C37H43N3O7/c1-22(2)28(20-41)40-33-36(45)39(27-19-23(3)14-15-24(27)4)18-10-6-9-13-30(42)46-21-26(25-11-7-5-8-12-25)38-34(43)31-29-16-17-37(33,47-29)32(31)35(40)44/h5-8,10-12,14-17,19,22,26,28-29,31-33,41H,9,13,18,20-21H2,1-4H3,(H,38,43)/b10-6-/t26-,28+,29-,31+,32+,33-,37+/m1/s1. The summed E-state index contributed by atoms with van der Waals surface area (Å²) in [7, 11) is 0. The first-order chi connectivity index (χ1) is 22.6. The van der Waals surface area contributed by atoms with Crippen LogP contribution in [0.25, 0.3) is 0 Å². The smallest absolute Gasteiger partial charge is 0.306 e. The van der Waals surface area contributed by atoms with Gasteiger partial charge in [0.25, 0.3) is 5.91 Å². The van der Waals surface area contributed by atoms with E-state index in [2.05, 4.69) is 5.32 Å². The summed E-state index contributed by atoms with van der Waals surface area (Å²) in [5, 5.41) is 13.7. The first-order valence-electron chi connectivity index (χ1n) is 16.4. The van der Waals surface area contributed by atoms with Crippen molar-refractivity contribution in [1.29, 1.82) is 0 Å². The first kappa shape index (κ1) is 32.7. The van der Waals surface area contributed by atoms with Gasteiger partial charge in [0.15, 0.2) is 0 Å². The van der Waals surface area contributed by atoms with E-state index >= 15 is 4.79 Å². The molecule has 7 atom stereocenters. The van der Waals surface area contributed by atoms with E-state index in [0.717, 1.165) is 16.7 Å². The molecule has 0 saturated carbocycles. The zero-order valence-corrected chi connectivity index (χ0v) is 27.3. The number of carbonyl (C=O) groups excluding carboxylic acids is 4. The molecule has 2 fully saturated rings. The summed E-state index contributed by atoms with van der Waals surface area (Å²) in [5.41, 5.74) is 1.85. The quantitative estimate of drug-likeness (QED) is 0.378. The van der Waals surface area contributed by atoms with Gasteiger partial charge in [0.1, 0.15) is 18.2 Å². The average molecular weight is 642 g/mol. The number of rotatable bonds is 5. The number of aliphatic hydroxyl groups is 1. The molecule has 0 radical (unpaired) electrons. The fourth-order valence-electron chi connectivity index (χ4n) is 7.55. The normalized spacial score (nSPS) is 30.8. The second-order valence-corrected chi connectivity index (χ2v) is 13.3. The number of ether oxygens (including phenoxy) is 2. The number of allylic oxidation sites excluding steroid dienone is 1. The molecular weight excluding hydrogens is 598 g/mol. The molecule has 0 aromatic heterocycles. The number of hydrogen-bond acceptors (Lipinski definition) is 7. The summed E-state index contributed by atoms with van der Waals surface area (Å²) in [6, 6.07) is 12.6. The van der Waals surface area contributed by atoms with Crippen LogP contribution in [0.1, 0.15) is 49.4 Å². The molecule has 1 spiro atoms. The van der Waals surface area contributed by atoms with Crippen LogP contribution in [0.15, 0.2) is 72.8 Å². The molecule has 10 heteroatoms. The molecule has 4 aliphatic rings. The third-order valence-electron chi connectivity index (χ3n) is 9.98. The van der Waals surface area contributed by atoms with Crippen molar-refractivity contribution in [2.24, 2.45) is 17.8 Å². The number of cyclic esters (lactones) is 1. The van der Waals surface area contributed by atoms with Crippen LogP contribution >= 0.6 is 0 Å². The van der Waals surface area contributed by atoms with Gasteiger partial charge in [-0.3, -0.25) is 19.2 Å². The highest BCUT2D eigenvalue weighted by Crippen LogP contribution is 2.56. The van der Waals surface area contributed by atoms with Gasteiger partial charge in [-0.15, -0.1) is 0 Å². The van der Waals surface area contributed by atoms with Crippen molar-refractivity contribution < 1.29 is 33.8 Å². The minimum Gasteiger partial charge on any atom is -0.463 e. The largest absolute Gasteiger partial charge is 0.463 e. The van der Waals surface area contributed by atoms with Crippen LogP contribution in [-0.2, 0) is 28.7 Å². The number of nitrogens with zero attached hydrogens (tertiary/aromatic N) is 2. The van der Waals surface area contributed by atoms with Gasteiger partial charge in [0.2, 0.25) is 11.8 Å². The van der Waals surface area contributed by atoms with Crippen LogP contribution in [0.2, 0.25) is 0 Å². The van der Waals surface area contributed by atoms with E-state index in [1.54, 1.807) is 17.1 Å². The number of aliphatic hydroxyl groups excluding tert-OH is 1. The number of amides is 3. The molecule has 2 aromatic rings. The number of benzene rings is 2. The Morgan fingerprint density at radius 3 is 2.51 bits per heavy atom. The van der Waals surface area contributed by atoms with Crippen molar-refractivity contribution in [2.75, 3.05) is 24.7 Å². The molecular formula is C37H43N3O7. The van der Waals surface area contributed by atoms with Crippen molar-refractivity contribution in [3.05, 3.63) is 89.5 Å². The molecule has 248 valence electrons. The zero-order valence-electron chi connectivity index (χ0n) is 27.3. The maximum Gasteiger partial charge on any atom is 0.306 e. The number of hydrogen-bond donors (Lipinski definition) is 2. The van der Waals surface area contributed by atoms with E-state index < -0.39 is 59.5 Å². The summed E-state index contributed by atoms with van der Waals surface area (Å²) < 4.78 is 12.2. The van der Waals surface area contributed by atoms with Gasteiger partial charge in [-0.05, 0) is 48.9 Å². The Balaban J connectivity index is 1.48. The van der Waals surface area contributed by atoms with Gasteiger partial charge >= 0.3 is 5.97 Å². The summed E-state index contributed by atoms with van der Waals surface area (Å²) in [6.07, 6.45) is 7.03. The minimum absolute atomic E-state index is 0.0796. The molecule has 5 bridgehead atoms.